The van der Waals surface area contributed by atoms with Crippen LogP contribution >= 0.6 is 0 Å². The first-order valence-electron chi connectivity index (χ1n) is 8.23. The summed E-state index contributed by atoms with van der Waals surface area (Å²) in [6.45, 7) is -0.416. The van der Waals surface area contributed by atoms with E-state index in [0.29, 0.717) is 0 Å². The Bertz CT molecular complexity index is 835. The van der Waals surface area contributed by atoms with Crippen molar-refractivity contribution < 1.29 is 53.1 Å². The van der Waals surface area contributed by atoms with Crippen LogP contribution in [0.15, 0.2) is 0 Å². The molecule has 0 aliphatic rings. The van der Waals surface area contributed by atoms with Gasteiger partial charge in [0.1, 0.15) is 0 Å². The molecular weight excluding hydrogens is 474 g/mol. The van der Waals surface area contributed by atoms with E-state index >= 15 is 0 Å². The number of aromatic nitrogens is 3. The molecule has 174 valence electrons. The van der Waals surface area contributed by atoms with Crippen molar-refractivity contribution in [1.29, 1.82) is 0 Å². The van der Waals surface area contributed by atoms with Gasteiger partial charge >= 0.3 is 29.4 Å². The molecule has 1 rings (SSSR count). The van der Waals surface area contributed by atoms with Crippen LogP contribution in [0.4, 0.5) is 0 Å². The molecule has 0 saturated carbocycles. The minimum atomic E-state index is -4.15. The van der Waals surface area contributed by atoms with E-state index in [1.807, 2.05) is 0 Å². The largest absolute Gasteiger partial charge is 0.463 e. The summed E-state index contributed by atoms with van der Waals surface area (Å²) in [6, 6.07) is -0.815. The Balaban J connectivity index is 2.67. The van der Waals surface area contributed by atoms with Crippen LogP contribution in [-0.4, -0.2) is 87.6 Å². The molecule has 1 heterocycles. The highest BCUT2D eigenvalue weighted by Crippen LogP contribution is 2.15. The summed E-state index contributed by atoms with van der Waals surface area (Å²) in [5.74, 6) is -1.07. The molecule has 3 N–H and O–H groups in total. The summed E-state index contributed by atoms with van der Waals surface area (Å²) in [5.41, 5.74) is 0. The van der Waals surface area contributed by atoms with Gasteiger partial charge in [-0.25, -0.2) is 0 Å². The van der Waals surface area contributed by atoms with Crippen LogP contribution in [0.1, 0.15) is 19.3 Å². The maximum Gasteiger partial charge on any atom is 0.325 e. The lowest BCUT2D eigenvalue weighted by molar-refractivity contribution is 0.217. The fourth-order valence-electron chi connectivity index (χ4n) is 1.68. The zero-order valence-electron chi connectivity index (χ0n) is 15.4. The smallest absolute Gasteiger partial charge is 0.325 e. The van der Waals surface area contributed by atoms with Crippen molar-refractivity contribution in [3.8, 4) is 18.0 Å². The van der Waals surface area contributed by atoms with Gasteiger partial charge in [-0.05, 0) is 12.8 Å². The number of ether oxygens (including phenoxy) is 3. The molecule has 0 spiro atoms. The molecule has 1 unspecified atom stereocenters. The first-order valence-corrected chi connectivity index (χ1v) is 12.5. The average Bonchev–Trinajstić information content (AvgIpc) is 2.60. The monoisotopic (exact) mass is 495 g/mol. The first-order chi connectivity index (χ1) is 13.9. The SMILES string of the molecule is O=S(O)OCCCOc1nc(OCCCS(=O)(=O)O)nc(OCCCS(=O)(=O)O)n1. The molecule has 0 saturated heterocycles. The highest BCUT2D eigenvalue weighted by molar-refractivity contribution is 7.86. The fraction of sp³-hybridized carbons (Fsp3) is 0.750. The summed E-state index contributed by atoms with van der Waals surface area (Å²) in [5, 5.41) is 0. The molecule has 0 aliphatic carbocycles. The van der Waals surface area contributed by atoms with Crippen molar-refractivity contribution >= 4 is 31.6 Å². The molecule has 30 heavy (non-hydrogen) atoms. The van der Waals surface area contributed by atoms with Gasteiger partial charge in [-0.15, -0.1) is 15.0 Å². The van der Waals surface area contributed by atoms with E-state index in [1.54, 1.807) is 0 Å². The van der Waals surface area contributed by atoms with E-state index in [0.717, 1.165) is 0 Å². The summed E-state index contributed by atoms with van der Waals surface area (Å²) >= 11 is -2.40. The third-order valence-corrected chi connectivity index (χ3v) is 4.81. The lowest BCUT2D eigenvalue weighted by Crippen LogP contribution is -2.13. The van der Waals surface area contributed by atoms with Crippen LogP contribution in [0, 0.1) is 0 Å². The standard InChI is InChI=1S/C12H21N3O12S3/c16-28(17)27-7-1-4-24-10-13-11(25-5-2-8-29(18,19)20)15-12(14-10)26-6-3-9-30(21,22)23/h1-9H2,(H,16,17)(H,18,19,20)(H,21,22,23). The van der Waals surface area contributed by atoms with Gasteiger partial charge in [0.05, 0.1) is 37.9 Å². The number of hydrogen-bond donors (Lipinski definition) is 3. The lowest BCUT2D eigenvalue weighted by atomic mass is 10.5. The second-order valence-electron chi connectivity index (χ2n) is 5.40. The second-order valence-corrected chi connectivity index (χ2v) is 9.21. The summed E-state index contributed by atoms with van der Waals surface area (Å²) < 4.78 is 99.0. The molecule has 1 atom stereocenters. The molecule has 18 heteroatoms. The molecule has 0 aromatic carbocycles. The van der Waals surface area contributed by atoms with Gasteiger partial charge in [-0.3, -0.25) is 17.8 Å². The van der Waals surface area contributed by atoms with Crippen LogP contribution in [-0.2, 0) is 35.8 Å². The fourth-order valence-corrected chi connectivity index (χ4v) is 2.90. The average molecular weight is 496 g/mol. The van der Waals surface area contributed by atoms with Crippen LogP contribution in [0.2, 0.25) is 0 Å². The van der Waals surface area contributed by atoms with E-state index in [9.17, 15) is 21.0 Å². The molecule has 1 aromatic heterocycles. The first kappa shape index (κ1) is 26.3. The van der Waals surface area contributed by atoms with Crippen LogP contribution in [0.3, 0.4) is 0 Å². The Labute approximate surface area is 175 Å². The van der Waals surface area contributed by atoms with Crippen molar-refractivity contribution in [3.63, 3.8) is 0 Å². The van der Waals surface area contributed by atoms with Gasteiger partial charge in [0, 0.05) is 6.42 Å². The quantitative estimate of drug-likeness (QED) is 0.144. The minimum absolute atomic E-state index is 0.00833. The molecule has 15 nitrogen and oxygen atoms in total. The topological polar surface area (TPSA) is 222 Å². The summed E-state index contributed by atoms with van der Waals surface area (Å²) in [6.07, 6.45) is 0.106. The molecule has 1 aromatic rings. The highest BCUT2D eigenvalue weighted by atomic mass is 32.2. The van der Waals surface area contributed by atoms with E-state index in [2.05, 4.69) is 19.1 Å². The third kappa shape index (κ3) is 14.3. The van der Waals surface area contributed by atoms with E-state index < -0.39 is 43.1 Å². The van der Waals surface area contributed by atoms with E-state index in [4.69, 9.17) is 27.9 Å². The third-order valence-electron chi connectivity index (χ3n) is 2.83. The zero-order valence-corrected chi connectivity index (χ0v) is 17.9. The molecular formula is C12H21N3O12S3. The number of rotatable bonds is 16. The molecule has 0 amide bonds. The van der Waals surface area contributed by atoms with Crippen molar-refractivity contribution in [3.05, 3.63) is 0 Å². The van der Waals surface area contributed by atoms with Gasteiger partial charge < -0.3 is 14.2 Å². The van der Waals surface area contributed by atoms with Crippen molar-refractivity contribution in [2.45, 2.75) is 19.3 Å². The van der Waals surface area contributed by atoms with Crippen LogP contribution in [0.25, 0.3) is 0 Å². The van der Waals surface area contributed by atoms with Gasteiger partial charge in [-0.1, -0.05) is 0 Å². The highest BCUT2D eigenvalue weighted by Gasteiger charge is 2.12. The van der Waals surface area contributed by atoms with Gasteiger partial charge in [0.25, 0.3) is 20.2 Å². The second kappa shape index (κ2) is 12.9. The van der Waals surface area contributed by atoms with E-state index in [1.165, 1.54) is 0 Å². The predicted molar refractivity (Wildman–Crippen MR) is 99.7 cm³/mol. The Kier molecular flexibility index (Phi) is 11.3. The Morgan fingerprint density at radius 1 is 0.700 bits per heavy atom. The Hall–Kier alpha value is -1.70. The molecule has 0 fully saturated rings. The normalized spacial score (nSPS) is 13.0. The van der Waals surface area contributed by atoms with Crippen molar-refractivity contribution in [2.24, 2.45) is 0 Å². The van der Waals surface area contributed by atoms with Gasteiger partial charge in [0.2, 0.25) is 0 Å². The van der Waals surface area contributed by atoms with Crippen LogP contribution in [0.5, 0.6) is 18.0 Å². The Morgan fingerprint density at radius 2 is 1.07 bits per heavy atom. The molecule has 0 radical (unpaired) electrons. The van der Waals surface area contributed by atoms with Gasteiger partial charge in [-0.2, -0.15) is 21.0 Å². The van der Waals surface area contributed by atoms with Gasteiger partial charge in [0.15, 0.2) is 0 Å². The predicted octanol–water partition coefficient (Wildman–Crippen LogP) is -0.893. The molecule has 0 aliphatic heterocycles. The number of hydrogen-bond acceptors (Lipinski definition) is 12. The summed E-state index contributed by atoms with van der Waals surface area (Å²) in [7, 11) is -8.30. The van der Waals surface area contributed by atoms with Crippen molar-refractivity contribution in [1.82, 2.24) is 15.0 Å². The number of nitrogens with zero attached hydrogens (tertiary/aromatic N) is 3. The zero-order chi connectivity index (χ0) is 22.6. The summed E-state index contributed by atoms with van der Waals surface area (Å²) in [4.78, 5) is 11.4. The maximum atomic E-state index is 10.7. The lowest BCUT2D eigenvalue weighted by Gasteiger charge is -2.09. The van der Waals surface area contributed by atoms with E-state index in [-0.39, 0.29) is 63.7 Å². The maximum absolute atomic E-state index is 10.7. The molecule has 0 bridgehead atoms. The minimum Gasteiger partial charge on any atom is -0.463 e. The van der Waals surface area contributed by atoms with Crippen LogP contribution < -0.4 is 14.2 Å². The Morgan fingerprint density at radius 3 is 1.40 bits per heavy atom. The van der Waals surface area contributed by atoms with Crippen molar-refractivity contribution in [2.75, 3.05) is 37.9 Å².